The van der Waals surface area contributed by atoms with Crippen LogP contribution in [0, 0.1) is 20.8 Å². The summed E-state index contributed by atoms with van der Waals surface area (Å²) in [6.45, 7) is 6.34. The molecule has 0 saturated carbocycles. The van der Waals surface area contributed by atoms with Crippen LogP contribution in [0.4, 0.5) is 0 Å². The van der Waals surface area contributed by atoms with Gasteiger partial charge in [-0.05, 0) is 44.5 Å². The molecule has 0 aliphatic heterocycles. The second-order valence-corrected chi connectivity index (χ2v) is 4.97. The van der Waals surface area contributed by atoms with Crippen molar-refractivity contribution in [3.05, 3.63) is 59.4 Å². The van der Waals surface area contributed by atoms with Gasteiger partial charge in [0.25, 0.3) is 0 Å². The third kappa shape index (κ3) is 1.90. The van der Waals surface area contributed by atoms with Gasteiger partial charge in [0.15, 0.2) is 0 Å². The first-order chi connectivity index (χ1) is 8.61. The first-order valence-corrected chi connectivity index (χ1v) is 6.16. The van der Waals surface area contributed by atoms with E-state index in [2.05, 4.69) is 72.9 Å². The number of benzene rings is 1. The maximum absolute atomic E-state index is 4.67. The minimum Gasteiger partial charge on any atom is -0.306 e. The van der Waals surface area contributed by atoms with Gasteiger partial charge in [-0.15, -0.1) is 0 Å². The molecule has 0 fully saturated rings. The summed E-state index contributed by atoms with van der Waals surface area (Å²) in [6, 6.07) is 10.7. The lowest BCUT2D eigenvalue weighted by molar-refractivity contribution is 1.16. The summed E-state index contributed by atoms with van der Waals surface area (Å²) in [5.41, 5.74) is 7.01. The fraction of sp³-hybridized carbons (Fsp3) is 0.188. The first-order valence-electron chi connectivity index (χ1n) is 6.16. The highest BCUT2D eigenvalue weighted by molar-refractivity contribution is 5.64. The van der Waals surface area contributed by atoms with E-state index in [0.29, 0.717) is 0 Å². The Morgan fingerprint density at radius 1 is 0.833 bits per heavy atom. The van der Waals surface area contributed by atoms with Gasteiger partial charge in [0, 0.05) is 18.0 Å². The molecule has 0 amide bonds. The maximum atomic E-state index is 4.67. The molecule has 0 aliphatic carbocycles. The van der Waals surface area contributed by atoms with E-state index in [1.807, 2.05) is 0 Å². The Morgan fingerprint density at radius 3 is 2.28 bits per heavy atom. The van der Waals surface area contributed by atoms with E-state index < -0.39 is 0 Å². The average molecular weight is 236 g/mol. The fourth-order valence-electron chi connectivity index (χ4n) is 2.36. The molecule has 1 aromatic carbocycles. The molecule has 0 radical (unpaired) electrons. The molecule has 0 aliphatic rings. The van der Waals surface area contributed by atoms with E-state index in [-0.39, 0.29) is 0 Å². The van der Waals surface area contributed by atoms with Gasteiger partial charge in [-0.1, -0.05) is 23.3 Å². The number of aromatic nitrogens is 2. The molecule has 0 N–H and O–H groups in total. The predicted molar refractivity (Wildman–Crippen MR) is 74.8 cm³/mol. The molecule has 3 aromatic rings. The second kappa shape index (κ2) is 3.98. The summed E-state index contributed by atoms with van der Waals surface area (Å²) >= 11 is 0. The van der Waals surface area contributed by atoms with Crippen molar-refractivity contribution in [2.45, 2.75) is 20.8 Å². The number of pyridine rings is 1. The molecule has 2 nitrogen and oxygen atoms in total. The topological polar surface area (TPSA) is 17.3 Å². The number of fused-ring (bicyclic) bond motifs is 1. The molecule has 2 aromatic heterocycles. The molecular formula is C16H16N2. The van der Waals surface area contributed by atoms with Gasteiger partial charge in [0.2, 0.25) is 0 Å². The molecule has 90 valence electrons. The molecular weight excluding hydrogens is 220 g/mol. The summed E-state index contributed by atoms with van der Waals surface area (Å²) in [4.78, 5) is 4.67. The number of rotatable bonds is 1. The lowest BCUT2D eigenvalue weighted by atomic mass is 10.1. The lowest BCUT2D eigenvalue weighted by Crippen LogP contribution is -1.82. The van der Waals surface area contributed by atoms with Crippen LogP contribution in [0.3, 0.4) is 0 Å². The number of hydrogen-bond donors (Lipinski definition) is 0. The molecule has 0 spiro atoms. The summed E-state index contributed by atoms with van der Waals surface area (Å²) in [5, 5.41) is 0. The number of nitrogens with zero attached hydrogens (tertiary/aromatic N) is 2. The van der Waals surface area contributed by atoms with E-state index in [9.17, 15) is 0 Å². The minimum atomic E-state index is 0.995. The van der Waals surface area contributed by atoms with Gasteiger partial charge in [0.1, 0.15) is 5.65 Å². The van der Waals surface area contributed by atoms with Crippen molar-refractivity contribution in [3.63, 3.8) is 0 Å². The van der Waals surface area contributed by atoms with Gasteiger partial charge >= 0.3 is 0 Å². The van der Waals surface area contributed by atoms with Crippen molar-refractivity contribution < 1.29 is 0 Å². The van der Waals surface area contributed by atoms with Gasteiger partial charge in [0.05, 0.1) is 5.69 Å². The largest absolute Gasteiger partial charge is 0.306 e. The molecule has 2 heteroatoms. The molecule has 2 heterocycles. The van der Waals surface area contributed by atoms with E-state index in [1.165, 1.54) is 22.3 Å². The van der Waals surface area contributed by atoms with E-state index in [1.54, 1.807) is 0 Å². The Balaban J connectivity index is 2.19. The Morgan fingerprint density at radius 2 is 1.56 bits per heavy atom. The van der Waals surface area contributed by atoms with E-state index in [4.69, 9.17) is 0 Å². The number of hydrogen-bond acceptors (Lipinski definition) is 1. The molecule has 18 heavy (non-hydrogen) atoms. The zero-order chi connectivity index (χ0) is 12.7. The highest BCUT2D eigenvalue weighted by atomic mass is 15.0. The van der Waals surface area contributed by atoms with Crippen LogP contribution >= 0.6 is 0 Å². The van der Waals surface area contributed by atoms with Crippen LogP contribution in [0.5, 0.6) is 0 Å². The Kier molecular flexibility index (Phi) is 2.44. The highest BCUT2D eigenvalue weighted by Crippen LogP contribution is 2.22. The molecule has 3 rings (SSSR count). The van der Waals surface area contributed by atoms with Gasteiger partial charge in [-0.3, -0.25) is 0 Å². The first kappa shape index (κ1) is 11.0. The maximum Gasteiger partial charge on any atom is 0.137 e. The van der Waals surface area contributed by atoms with Crippen molar-refractivity contribution >= 4 is 5.65 Å². The van der Waals surface area contributed by atoms with Crippen LogP contribution in [0.1, 0.15) is 16.7 Å². The van der Waals surface area contributed by atoms with Gasteiger partial charge < -0.3 is 4.40 Å². The zero-order valence-corrected chi connectivity index (χ0v) is 10.9. The third-order valence-corrected chi connectivity index (χ3v) is 3.12. The van der Waals surface area contributed by atoms with E-state index >= 15 is 0 Å². The Hall–Kier alpha value is -2.09. The number of imidazole rings is 1. The standard InChI is InChI=1S/C16H16N2/c1-11-4-5-16-17-15(10-18(16)9-11)14-7-12(2)6-13(3)8-14/h4-10H,1-3H3. The number of aryl methyl sites for hydroxylation is 3. The molecule has 0 saturated heterocycles. The quantitative estimate of drug-likeness (QED) is 0.626. The Bertz CT molecular complexity index is 703. The fourth-order valence-corrected chi connectivity index (χ4v) is 2.36. The van der Waals surface area contributed by atoms with Crippen molar-refractivity contribution in [1.29, 1.82) is 0 Å². The van der Waals surface area contributed by atoms with Crippen LogP contribution in [0.2, 0.25) is 0 Å². The molecule has 0 atom stereocenters. The van der Waals surface area contributed by atoms with Crippen molar-refractivity contribution in [2.24, 2.45) is 0 Å². The second-order valence-electron chi connectivity index (χ2n) is 4.97. The minimum absolute atomic E-state index is 0.995. The predicted octanol–water partition coefficient (Wildman–Crippen LogP) is 3.93. The van der Waals surface area contributed by atoms with Crippen molar-refractivity contribution in [2.75, 3.05) is 0 Å². The van der Waals surface area contributed by atoms with Crippen LogP contribution in [0.15, 0.2) is 42.7 Å². The highest BCUT2D eigenvalue weighted by Gasteiger charge is 2.05. The monoisotopic (exact) mass is 236 g/mol. The SMILES string of the molecule is Cc1cc(C)cc(-c2cn3cc(C)ccc3n2)c1. The normalized spacial score (nSPS) is 11.1. The van der Waals surface area contributed by atoms with Crippen molar-refractivity contribution in [1.82, 2.24) is 9.38 Å². The van der Waals surface area contributed by atoms with Crippen LogP contribution in [-0.2, 0) is 0 Å². The zero-order valence-electron chi connectivity index (χ0n) is 10.9. The summed E-state index contributed by atoms with van der Waals surface area (Å²) < 4.78 is 2.09. The van der Waals surface area contributed by atoms with Gasteiger partial charge in [-0.25, -0.2) is 4.98 Å². The molecule has 0 bridgehead atoms. The summed E-state index contributed by atoms with van der Waals surface area (Å²) in [6.07, 6.45) is 4.20. The lowest BCUT2D eigenvalue weighted by Gasteiger charge is -2.01. The van der Waals surface area contributed by atoms with Gasteiger partial charge in [-0.2, -0.15) is 0 Å². The van der Waals surface area contributed by atoms with Crippen LogP contribution in [-0.4, -0.2) is 9.38 Å². The third-order valence-electron chi connectivity index (χ3n) is 3.12. The van der Waals surface area contributed by atoms with Crippen molar-refractivity contribution in [3.8, 4) is 11.3 Å². The molecule has 0 unspecified atom stereocenters. The van der Waals surface area contributed by atoms with E-state index in [0.717, 1.165) is 11.3 Å². The summed E-state index contributed by atoms with van der Waals surface area (Å²) in [5.74, 6) is 0. The smallest absolute Gasteiger partial charge is 0.137 e. The van der Waals surface area contributed by atoms with Crippen LogP contribution < -0.4 is 0 Å². The Labute approximate surface area is 107 Å². The average Bonchev–Trinajstić information content (AvgIpc) is 2.70. The van der Waals surface area contributed by atoms with Crippen LogP contribution in [0.25, 0.3) is 16.9 Å². The summed E-state index contributed by atoms with van der Waals surface area (Å²) in [7, 11) is 0.